The predicted molar refractivity (Wildman–Crippen MR) is 96.6 cm³/mol. The summed E-state index contributed by atoms with van der Waals surface area (Å²) in [6.45, 7) is 0.347. The van der Waals surface area contributed by atoms with Crippen molar-refractivity contribution < 1.29 is 8.42 Å². The Kier molecular flexibility index (Phi) is 5.13. The Morgan fingerprint density at radius 2 is 1.75 bits per heavy atom. The van der Waals surface area contributed by atoms with Crippen molar-refractivity contribution in [3.05, 3.63) is 77.0 Å². The van der Waals surface area contributed by atoms with E-state index >= 15 is 0 Å². The van der Waals surface area contributed by atoms with Gasteiger partial charge >= 0.3 is 0 Å². The summed E-state index contributed by atoms with van der Waals surface area (Å²) >= 11 is 3.29. The van der Waals surface area contributed by atoms with E-state index in [2.05, 4.69) is 25.8 Å². The summed E-state index contributed by atoms with van der Waals surface area (Å²) < 4.78 is 29.7. The normalized spacial score (nSPS) is 11.5. The minimum Gasteiger partial charge on any atom is -0.241 e. The van der Waals surface area contributed by atoms with Gasteiger partial charge in [0.1, 0.15) is 0 Å². The molecular weight excluding hydrogens is 390 g/mol. The second kappa shape index (κ2) is 7.29. The average molecular weight is 406 g/mol. The third kappa shape index (κ3) is 4.11. The van der Waals surface area contributed by atoms with Crippen LogP contribution in [-0.4, -0.2) is 24.7 Å². The smallest absolute Gasteiger partial charge is 0.240 e. The number of nitrogens with one attached hydrogen (secondary N) is 1. The second-order valence-corrected chi connectivity index (χ2v) is 7.90. The highest BCUT2D eigenvalue weighted by atomic mass is 79.9. The van der Waals surface area contributed by atoms with Gasteiger partial charge in [-0.2, -0.15) is 5.10 Å². The van der Waals surface area contributed by atoms with E-state index in [-0.39, 0.29) is 4.90 Å². The maximum absolute atomic E-state index is 12.2. The van der Waals surface area contributed by atoms with Crippen molar-refractivity contribution in [1.82, 2.24) is 14.5 Å². The van der Waals surface area contributed by atoms with Crippen LogP contribution in [0.15, 0.2) is 76.4 Å². The standard InChI is InChI=1S/C17H16BrN3O2S/c18-15-4-8-17(9-5-15)24(22,23)20-12-10-14-2-6-16(7-3-14)21-13-1-11-19-21/h1-9,11,13,20H,10,12H2. The van der Waals surface area contributed by atoms with Gasteiger partial charge in [-0.3, -0.25) is 0 Å². The fourth-order valence-corrected chi connectivity index (χ4v) is 3.56. The third-order valence-corrected chi connectivity index (χ3v) is 5.54. The largest absolute Gasteiger partial charge is 0.241 e. The first-order valence-corrected chi connectivity index (χ1v) is 9.66. The van der Waals surface area contributed by atoms with Crippen LogP contribution in [0.25, 0.3) is 5.69 Å². The molecule has 0 saturated carbocycles. The van der Waals surface area contributed by atoms with Gasteiger partial charge in [0.25, 0.3) is 0 Å². The van der Waals surface area contributed by atoms with Gasteiger partial charge in [0.2, 0.25) is 10.0 Å². The van der Waals surface area contributed by atoms with Crippen LogP contribution in [0, 0.1) is 0 Å². The molecule has 0 unspecified atom stereocenters. The van der Waals surface area contributed by atoms with E-state index < -0.39 is 10.0 Å². The van der Waals surface area contributed by atoms with Gasteiger partial charge in [-0.1, -0.05) is 28.1 Å². The van der Waals surface area contributed by atoms with E-state index in [9.17, 15) is 8.42 Å². The molecule has 0 bridgehead atoms. The van der Waals surface area contributed by atoms with Crippen molar-refractivity contribution in [2.24, 2.45) is 0 Å². The molecule has 3 rings (SSSR count). The minimum atomic E-state index is -3.48. The SMILES string of the molecule is O=S(=O)(NCCc1ccc(-n2cccn2)cc1)c1ccc(Br)cc1. The summed E-state index contributed by atoms with van der Waals surface area (Å²) in [6, 6.07) is 16.3. The van der Waals surface area contributed by atoms with Crippen LogP contribution in [0.2, 0.25) is 0 Å². The Balaban J connectivity index is 1.59. The minimum absolute atomic E-state index is 0.264. The lowest BCUT2D eigenvalue weighted by molar-refractivity contribution is 0.581. The molecule has 0 fully saturated rings. The van der Waals surface area contributed by atoms with E-state index in [1.54, 1.807) is 35.1 Å². The molecule has 0 atom stereocenters. The molecule has 0 radical (unpaired) electrons. The van der Waals surface area contributed by atoms with Crippen LogP contribution >= 0.6 is 15.9 Å². The van der Waals surface area contributed by atoms with E-state index in [0.29, 0.717) is 13.0 Å². The Morgan fingerprint density at radius 1 is 1.04 bits per heavy atom. The van der Waals surface area contributed by atoms with Crippen LogP contribution in [0.4, 0.5) is 0 Å². The molecular formula is C17H16BrN3O2S. The van der Waals surface area contributed by atoms with Crippen molar-refractivity contribution in [1.29, 1.82) is 0 Å². The van der Waals surface area contributed by atoms with Crippen LogP contribution in [0.3, 0.4) is 0 Å². The molecule has 0 aliphatic carbocycles. The van der Waals surface area contributed by atoms with Gasteiger partial charge < -0.3 is 0 Å². The number of hydrogen-bond acceptors (Lipinski definition) is 3. The molecule has 0 amide bonds. The predicted octanol–water partition coefficient (Wildman–Crippen LogP) is 3.16. The lowest BCUT2D eigenvalue weighted by atomic mass is 10.1. The van der Waals surface area contributed by atoms with E-state index in [0.717, 1.165) is 15.7 Å². The van der Waals surface area contributed by atoms with Crippen molar-refractivity contribution in [2.45, 2.75) is 11.3 Å². The molecule has 0 saturated heterocycles. The van der Waals surface area contributed by atoms with E-state index in [1.165, 1.54) is 0 Å². The van der Waals surface area contributed by atoms with Crippen molar-refractivity contribution in [3.8, 4) is 5.69 Å². The first kappa shape index (κ1) is 16.9. The second-order valence-electron chi connectivity index (χ2n) is 5.22. The Morgan fingerprint density at radius 3 is 2.38 bits per heavy atom. The summed E-state index contributed by atoms with van der Waals surface area (Å²) in [5, 5.41) is 4.17. The molecule has 0 aliphatic heterocycles. The van der Waals surface area contributed by atoms with Gasteiger partial charge in [0, 0.05) is 23.4 Å². The van der Waals surface area contributed by atoms with Crippen molar-refractivity contribution in [2.75, 3.05) is 6.54 Å². The number of sulfonamides is 1. The first-order valence-electron chi connectivity index (χ1n) is 7.39. The van der Waals surface area contributed by atoms with Gasteiger partial charge in [-0.25, -0.2) is 17.8 Å². The molecule has 1 aromatic heterocycles. The number of nitrogens with zero attached hydrogens (tertiary/aromatic N) is 2. The third-order valence-electron chi connectivity index (χ3n) is 3.53. The number of aromatic nitrogens is 2. The molecule has 1 heterocycles. The highest BCUT2D eigenvalue weighted by molar-refractivity contribution is 9.10. The zero-order valence-corrected chi connectivity index (χ0v) is 15.2. The zero-order valence-electron chi connectivity index (χ0n) is 12.8. The number of benzene rings is 2. The fraction of sp³-hybridized carbons (Fsp3) is 0.118. The maximum Gasteiger partial charge on any atom is 0.240 e. The summed E-state index contributed by atoms with van der Waals surface area (Å²) in [4.78, 5) is 0.264. The van der Waals surface area contributed by atoms with Gasteiger partial charge in [-0.05, 0) is 54.4 Å². The monoisotopic (exact) mass is 405 g/mol. The van der Waals surface area contributed by atoms with Gasteiger partial charge in [-0.15, -0.1) is 0 Å². The molecule has 7 heteroatoms. The summed E-state index contributed by atoms with van der Waals surface area (Å²) in [6.07, 6.45) is 4.22. The van der Waals surface area contributed by atoms with Crippen molar-refractivity contribution >= 4 is 26.0 Å². The lowest BCUT2D eigenvalue weighted by Gasteiger charge is -2.08. The van der Waals surface area contributed by atoms with Crippen LogP contribution < -0.4 is 4.72 Å². The summed E-state index contributed by atoms with van der Waals surface area (Å²) in [5.74, 6) is 0. The number of hydrogen-bond donors (Lipinski definition) is 1. The fourth-order valence-electron chi connectivity index (χ4n) is 2.26. The maximum atomic E-state index is 12.2. The highest BCUT2D eigenvalue weighted by Gasteiger charge is 2.12. The Labute approximate surface area is 149 Å². The molecule has 0 aliphatic rings. The molecule has 124 valence electrons. The van der Waals surface area contributed by atoms with Gasteiger partial charge in [0.05, 0.1) is 10.6 Å². The van der Waals surface area contributed by atoms with Crippen LogP contribution in [-0.2, 0) is 16.4 Å². The molecule has 0 spiro atoms. The molecule has 3 aromatic rings. The molecule has 24 heavy (non-hydrogen) atoms. The van der Waals surface area contributed by atoms with Crippen LogP contribution in [0.1, 0.15) is 5.56 Å². The van der Waals surface area contributed by atoms with Crippen molar-refractivity contribution in [3.63, 3.8) is 0 Å². The summed E-state index contributed by atoms with van der Waals surface area (Å²) in [7, 11) is -3.48. The van der Waals surface area contributed by atoms with Gasteiger partial charge in [0.15, 0.2) is 0 Å². The number of halogens is 1. The lowest BCUT2D eigenvalue weighted by Crippen LogP contribution is -2.25. The molecule has 5 nitrogen and oxygen atoms in total. The molecule has 2 aromatic carbocycles. The zero-order chi connectivity index (χ0) is 17.0. The quantitative estimate of drug-likeness (QED) is 0.684. The Bertz CT molecular complexity index is 890. The summed E-state index contributed by atoms with van der Waals surface area (Å²) in [5.41, 5.74) is 2.03. The van der Waals surface area contributed by atoms with E-state index in [4.69, 9.17) is 0 Å². The average Bonchev–Trinajstić information content (AvgIpc) is 3.10. The first-order chi connectivity index (χ1) is 11.5. The Hall–Kier alpha value is -1.96. The molecule has 1 N–H and O–H groups in total. The highest BCUT2D eigenvalue weighted by Crippen LogP contribution is 2.14. The van der Waals surface area contributed by atoms with Crippen LogP contribution in [0.5, 0.6) is 0 Å². The number of rotatable bonds is 6. The topological polar surface area (TPSA) is 64.0 Å². The van der Waals surface area contributed by atoms with E-state index in [1.807, 2.05) is 36.5 Å².